The van der Waals surface area contributed by atoms with Crippen LogP contribution in [0.25, 0.3) is 0 Å². The van der Waals surface area contributed by atoms with Crippen molar-refractivity contribution < 1.29 is 34.0 Å². The first-order chi connectivity index (χ1) is 14.2. The van der Waals surface area contributed by atoms with Gasteiger partial charge in [0.25, 0.3) is 0 Å². The van der Waals surface area contributed by atoms with Crippen LogP contribution in [0, 0.1) is 0 Å². The molecule has 2 aromatic carbocycles. The molecule has 0 saturated carbocycles. The average molecular weight is 414 g/mol. The van der Waals surface area contributed by atoms with Crippen LogP contribution in [0.3, 0.4) is 0 Å². The molecule has 0 aliphatic heterocycles. The van der Waals surface area contributed by atoms with Crippen molar-refractivity contribution in [1.82, 2.24) is 0 Å². The monoisotopic (exact) mass is 414 g/mol. The van der Waals surface area contributed by atoms with E-state index in [1.807, 2.05) is 0 Å². The van der Waals surface area contributed by atoms with Gasteiger partial charge in [0, 0.05) is 12.0 Å². The van der Waals surface area contributed by atoms with Gasteiger partial charge in [0.15, 0.2) is 6.10 Å². The van der Waals surface area contributed by atoms with Gasteiger partial charge in [-0.15, -0.1) is 0 Å². The summed E-state index contributed by atoms with van der Waals surface area (Å²) in [7, 11) is 0. The maximum atomic E-state index is 13.4. The average Bonchev–Trinajstić information content (AvgIpc) is 2.75. The van der Waals surface area contributed by atoms with E-state index < -0.39 is 42.1 Å². The molecule has 0 spiro atoms. The molecule has 0 saturated heterocycles. The third-order valence-electron chi connectivity index (χ3n) is 4.19. The fourth-order valence-electron chi connectivity index (χ4n) is 2.70. The molecular weight excluding hydrogens is 388 g/mol. The Bertz CT molecular complexity index is 843. The smallest absolute Gasteiger partial charge is 0.338 e. The Kier molecular flexibility index (Phi) is 8.00. The molecule has 0 aliphatic rings. The molecule has 0 unspecified atom stereocenters. The summed E-state index contributed by atoms with van der Waals surface area (Å²) in [5.41, 5.74) is -2.48. The van der Waals surface area contributed by atoms with Gasteiger partial charge < -0.3 is 14.6 Å². The molecule has 0 fully saturated rings. The fourth-order valence-corrected chi connectivity index (χ4v) is 2.70. The Balaban J connectivity index is 2.48. The van der Waals surface area contributed by atoms with Gasteiger partial charge in [-0.2, -0.15) is 0 Å². The van der Waals surface area contributed by atoms with Crippen LogP contribution in [-0.2, 0) is 19.3 Å². The maximum Gasteiger partial charge on any atom is 0.338 e. The van der Waals surface area contributed by atoms with Gasteiger partial charge in [-0.1, -0.05) is 48.5 Å². The van der Waals surface area contributed by atoms with Crippen molar-refractivity contribution in [3.63, 3.8) is 0 Å². The number of Topliss-reactive ketones (excluding diaryl/α,β-unsaturated/α-hetero) is 1. The number of aliphatic hydroxyl groups is 1. The van der Waals surface area contributed by atoms with Crippen LogP contribution in [0.5, 0.6) is 0 Å². The van der Waals surface area contributed by atoms with Gasteiger partial charge >= 0.3 is 5.97 Å². The molecule has 7 heteroatoms. The second kappa shape index (κ2) is 10.2. The Morgan fingerprint density at radius 1 is 0.933 bits per heavy atom. The molecular formula is C23H26O7. The predicted octanol–water partition coefficient (Wildman–Crippen LogP) is 3.16. The van der Waals surface area contributed by atoms with Crippen molar-refractivity contribution in [3.8, 4) is 0 Å². The van der Waals surface area contributed by atoms with Gasteiger partial charge in [0.1, 0.15) is 6.29 Å². The second-order valence-corrected chi connectivity index (χ2v) is 7.68. The number of ketones is 1. The summed E-state index contributed by atoms with van der Waals surface area (Å²) in [5.74, 6) is -1.43. The Morgan fingerprint density at radius 3 is 1.93 bits per heavy atom. The van der Waals surface area contributed by atoms with Crippen molar-refractivity contribution in [3.05, 3.63) is 71.8 Å². The summed E-state index contributed by atoms with van der Waals surface area (Å²) in [6, 6.07) is 16.2. The topological polar surface area (TPSA) is 99.1 Å². The van der Waals surface area contributed by atoms with Crippen molar-refractivity contribution in [2.24, 2.45) is 0 Å². The number of hydrogen-bond acceptors (Lipinski definition) is 7. The highest BCUT2D eigenvalue weighted by molar-refractivity contribution is 6.04. The van der Waals surface area contributed by atoms with E-state index in [-0.39, 0.29) is 11.1 Å². The molecule has 0 bridgehead atoms. The SMILES string of the molecule is CC(C)(C)OO[C@@](CC=O)(C(=O)c1ccccc1)[C@H](CO)OC(=O)c1ccccc1. The first kappa shape index (κ1) is 23.4. The normalized spacial score (nSPS) is 14.4. The number of hydrogen-bond donors (Lipinski definition) is 1. The lowest BCUT2D eigenvalue weighted by Crippen LogP contribution is -2.56. The van der Waals surface area contributed by atoms with Crippen LogP contribution >= 0.6 is 0 Å². The lowest BCUT2D eigenvalue weighted by molar-refractivity contribution is -0.402. The van der Waals surface area contributed by atoms with Crippen molar-refractivity contribution >= 4 is 18.0 Å². The molecule has 0 radical (unpaired) electrons. The highest BCUT2D eigenvalue weighted by Gasteiger charge is 2.51. The van der Waals surface area contributed by atoms with E-state index in [0.717, 1.165) is 0 Å². The second-order valence-electron chi connectivity index (χ2n) is 7.68. The third-order valence-corrected chi connectivity index (χ3v) is 4.19. The van der Waals surface area contributed by atoms with Crippen LogP contribution in [0.1, 0.15) is 47.9 Å². The van der Waals surface area contributed by atoms with Gasteiger partial charge in [-0.25, -0.2) is 14.6 Å². The minimum absolute atomic E-state index is 0.214. The number of aldehydes is 1. The summed E-state index contributed by atoms with van der Waals surface area (Å²) in [4.78, 5) is 48.5. The van der Waals surface area contributed by atoms with E-state index >= 15 is 0 Å². The summed E-state index contributed by atoms with van der Waals surface area (Å²) >= 11 is 0. The standard InChI is InChI=1S/C23H26O7/c1-22(2,3)29-30-23(14-15-24,20(26)17-10-6-4-7-11-17)19(16-25)28-21(27)18-12-8-5-9-13-18/h4-13,15,19,25H,14,16H2,1-3H3/t19-,23+/m0/s1. The number of aliphatic hydroxyl groups excluding tert-OH is 1. The molecule has 2 aromatic rings. The van der Waals surface area contributed by atoms with Crippen LogP contribution in [0.15, 0.2) is 60.7 Å². The summed E-state index contributed by atoms with van der Waals surface area (Å²) in [5, 5.41) is 10.0. The number of rotatable bonds is 10. The van der Waals surface area contributed by atoms with Crippen LogP contribution < -0.4 is 0 Å². The quantitative estimate of drug-likeness (QED) is 0.210. The van der Waals surface area contributed by atoms with E-state index in [1.165, 1.54) is 24.3 Å². The molecule has 0 aliphatic carbocycles. The Morgan fingerprint density at radius 2 is 1.47 bits per heavy atom. The van der Waals surface area contributed by atoms with Crippen molar-refractivity contribution in [2.45, 2.75) is 44.5 Å². The molecule has 160 valence electrons. The number of carbonyl (C=O) groups excluding carboxylic acids is 3. The van der Waals surface area contributed by atoms with Gasteiger partial charge in [-0.3, -0.25) is 4.79 Å². The molecule has 1 N–H and O–H groups in total. The fraction of sp³-hybridized carbons (Fsp3) is 0.348. The summed E-state index contributed by atoms with van der Waals surface area (Å²) in [6.45, 7) is 4.30. The number of ether oxygens (including phenoxy) is 1. The lowest BCUT2D eigenvalue weighted by atomic mass is 9.85. The molecule has 30 heavy (non-hydrogen) atoms. The zero-order chi connectivity index (χ0) is 22.2. The van der Waals surface area contributed by atoms with E-state index in [9.17, 15) is 19.5 Å². The zero-order valence-electron chi connectivity index (χ0n) is 17.2. The number of benzene rings is 2. The number of carbonyl (C=O) groups is 3. The summed E-state index contributed by atoms with van der Waals surface area (Å²) in [6.07, 6.45) is -1.53. The molecule has 0 amide bonds. The van der Waals surface area contributed by atoms with Gasteiger partial charge in [-0.05, 0) is 32.9 Å². The first-order valence-electron chi connectivity index (χ1n) is 9.51. The third kappa shape index (κ3) is 5.82. The lowest BCUT2D eigenvalue weighted by Gasteiger charge is -2.37. The molecule has 0 aromatic heterocycles. The van der Waals surface area contributed by atoms with Crippen molar-refractivity contribution in [2.75, 3.05) is 6.61 Å². The number of esters is 1. The Labute approximate surface area is 175 Å². The highest BCUT2D eigenvalue weighted by Crippen LogP contribution is 2.30. The van der Waals surface area contributed by atoms with Gasteiger partial charge in [0.2, 0.25) is 11.4 Å². The largest absolute Gasteiger partial charge is 0.453 e. The highest BCUT2D eigenvalue weighted by atomic mass is 17.2. The minimum Gasteiger partial charge on any atom is -0.453 e. The minimum atomic E-state index is -2.07. The van der Waals surface area contributed by atoms with Gasteiger partial charge in [0.05, 0.1) is 17.8 Å². The van der Waals surface area contributed by atoms with Crippen LogP contribution in [0.2, 0.25) is 0 Å². The van der Waals surface area contributed by atoms with Crippen molar-refractivity contribution in [1.29, 1.82) is 0 Å². The first-order valence-corrected chi connectivity index (χ1v) is 9.51. The van der Waals surface area contributed by atoms with E-state index in [2.05, 4.69) is 0 Å². The van der Waals surface area contributed by atoms with Crippen LogP contribution in [0.4, 0.5) is 0 Å². The molecule has 0 heterocycles. The molecule has 2 rings (SSSR count). The zero-order valence-corrected chi connectivity index (χ0v) is 17.2. The predicted molar refractivity (Wildman–Crippen MR) is 109 cm³/mol. The summed E-state index contributed by atoms with van der Waals surface area (Å²) < 4.78 is 5.44. The maximum absolute atomic E-state index is 13.4. The Hall–Kier alpha value is -2.87. The van der Waals surface area contributed by atoms with E-state index in [1.54, 1.807) is 57.2 Å². The van der Waals surface area contributed by atoms with E-state index in [0.29, 0.717) is 6.29 Å². The molecule has 7 nitrogen and oxygen atoms in total. The van der Waals surface area contributed by atoms with E-state index in [4.69, 9.17) is 14.5 Å². The van der Waals surface area contributed by atoms with Crippen LogP contribution in [-0.4, -0.2) is 47.1 Å². The molecule has 2 atom stereocenters.